The maximum absolute atomic E-state index is 12.1. The van der Waals surface area contributed by atoms with Crippen molar-refractivity contribution < 1.29 is 9.53 Å². The zero-order valence-corrected chi connectivity index (χ0v) is 23.7. The number of methoxy groups -OCH3 is 1. The van der Waals surface area contributed by atoms with Gasteiger partial charge in [-0.3, -0.25) is 9.78 Å². The number of hydrogen-bond acceptors (Lipinski definition) is 4. The van der Waals surface area contributed by atoms with Gasteiger partial charge in [0, 0.05) is 41.4 Å². The summed E-state index contributed by atoms with van der Waals surface area (Å²) in [6.45, 7) is 8.25. The summed E-state index contributed by atoms with van der Waals surface area (Å²) in [7, 11) is 1.60. The van der Waals surface area contributed by atoms with Gasteiger partial charge < -0.3 is 24.8 Å². The van der Waals surface area contributed by atoms with Crippen molar-refractivity contribution in [3.63, 3.8) is 0 Å². The summed E-state index contributed by atoms with van der Waals surface area (Å²) >= 11 is 5.94. The molecule has 1 fully saturated rings. The normalized spacial score (nSPS) is 16.7. The number of aromatic nitrogens is 2. The van der Waals surface area contributed by atoms with Crippen LogP contribution < -0.4 is 20.3 Å². The second-order valence-electron chi connectivity index (χ2n) is 9.73. The molecule has 4 aromatic rings. The monoisotopic (exact) mass is 539 g/mol. The minimum atomic E-state index is -0.171. The van der Waals surface area contributed by atoms with Crippen LogP contribution in [0.1, 0.15) is 53.6 Å². The third-order valence-electron chi connectivity index (χ3n) is 7.30. The van der Waals surface area contributed by atoms with Crippen LogP contribution >= 0.6 is 12.2 Å². The van der Waals surface area contributed by atoms with Gasteiger partial charge in [0.05, 0.1) is 30.6 Å². The number of thiocarbonyl (C=S) groups is 1. The lowest BCUT2D eigenvalue weighted by Gasteiger charge is -2.29. The number of hydrogen-bond donors (Lipinski definition) is 2. The maximum Gasteiger partial charge on any atom is 0.224 e. The number of para-hydroxylation sites is 1. The lowest BCUT2D eigenvalue weighted by Crippen LogP contribution is -2.29. The van der Waals surface area contributed by atoms with Crippen LogP contribution in [0.15, 0.2) is 72.9 Å². The molecule has 2 aromatic carbocycles. The molecule has 0 saturated carbocycles. The van der Waals surface area contributed by atoms with Crippen LogP contribution in [0.5, 0.6) is 5.75 Å². The third-order valence-corrected chi connectivity index (χ3v) is 7.62. The lowest BCUT2D eigenvalue weighted by atomic mass is 9.96. The number of ether oxygens (including phenoxy) is 1. The number of carbonyl (C=O) groups is 1. The fraction of sp³-hybridized carbons (Fsp3) is 0.258. The minimum absolute atomic E-state index is 0.0730. The van der Waals surface area contributed by atoms with Crippen LogP contribution in [0.2, 0.25) is 0 Å². The van der Waals surface area contributed by atoms with Crippen LogP contribution in [0, 0.1) is 20.8 Å². The molecule has 2 atom stereocenters. The Balaban J connectivity index is 1.66. The summed E-state index contributed by atoms with van der Waals surface area (Å²) in [5, 5.41) is 7.06. The molecule has 3 heterocycles. The predicted octanol–water partition coefficient (Wildman–Crippen LogP) is 6.33. The first-order valence-corrected chi connectivity index (χ1v) is 13.5. The van der Waals surface area contributed by atoms with Crippen LogP contribution in [0.4, 0.5) is 11.4 Å². The summed E-state index contributed by atoms with van der Waals surface area (Å²) in [5.41, 5.74) is 8.20. The number of carbonyl (C=O) groups excluding carboxylic acids is 1. The molecule has 8 heteroatoms. The van der Waals surface area contributed by atoms with Gasteiger partial charge in [-0.2, -0.15) is 0 Å². The van der Waals surface area contributed by atoms with E-state index in [2.05, 4.69) is 71.2 Å². The predicted molar refractivity (Wildman–Crippen MR) is 160 cm³/mol. The van der Waals surface area contributed by atoms with E-state index in [-0.39, 0.29) is 18.0 Å². The molecule has 1 aliphatic rings. The number of benzene rings is 2. The Bertz CT molecular complexity index is 1530. The van der Waals surface area contributed by atoms with Gasteiger partial charge in [-0.25, -0.2) is 0 Å². The zero-order chi connectivity index (χ0) is 27.7. The highest BCUT2D eigenvalue weighted by atomic mass is 32.1. The quantitative estimate of drug-likeness (QED) is 0.267. The van der Waals surface area contributed by atoms with E-state index >= 15 is 0 Å². The molecule has 2 aromatic heterocycles. The fourth-order valence-electron chi connectivity index (χ4n) is 5.39. The Morgan fingerprint density at radius 3 is 2.54 bits per heavy atom. The highest BCUT2D eigenvalue weighted by Gasteiger charge is 2.42. The molecule has 39 heavy (non-hydrogen) atoms. The Hall–Kier alpha value is -4.17. The van der Waals surface area contributed by atoms with E-state index in [4.69, 9.17) is 21.9 Å². The molecule has 2 N–H and O–H groups in total. The molecule has 1 aliphatic heterocycles. The molecule has 0 bridgehead atoms. The summed E-state index contributed by atoms with van der Waals surface area (Å²) in [4.78, 5) is 18.9. The smallest absolute Gasteiger partial charge is 0.224 e. The first-order chi connectivity index (χ1) is 18.8. The van der Waals surface area contributed by atoms with Crippen LogP contribution in [-0.2, 0) is 4.79 Å². The highest BCUT2D eigenvalue weighted by Crippen LogP contribution is 2.45. The molecule has 0 radical (unpaired) electrons. The van der Waals surface area contributed by atoms with E-state index in [1.807, 2.05) is 49.5 Å². The van der Waals surface area contributed by atoms with Crippen LogP contribution in [-0.4, -0.2) is 27.7 Å². The van der Waals surface area contributed by atoms with Gasteiger partial charge >= 0.3 is 0 Å². The lowest BCUT2D eigenvalue weighted by molar-refractivity contribution is -0.115. The van der Waals surface area contributed by atoms with Gasteiger partial charge in [-0.15, -0.1) is 0 Å². The standard InChI is InChI=1S/C31H33N5O2S/c1-6-28(37)33-24-15-14-22(18-27(24)38-5)36-30(29(34-31(36)39)25-12-9-10-16-32-25)23-17-20(3)35(21(23)4)26-13-8-7-11-19(26)2/h7-18,29-30H,6H2,1-5H3,(H,33,37)(H,34,39)/t29-,30-/m1/s1. The average molecular weight is 540 g/mol. The van der Waals surface area contributed by atoms with Gasteiger partial charge in [0.1, 0.15) is 5.75 Å². The fourth-order valence-corrected chi connectivity index (χ4v) is 5.74. The van der Waals surface area contributed by atoms with Gasteiger partial charge in [0.25, 0.3) is 0 Å². The van der Waals surface area contributed by atoms with E-state index in [1.165, 1.54) is 5.56 Å². The number of rotatable bonds is 7. The number of amides is 1. The van der Waals surface area contributed by atoms with Crippen molar-refractivity contribution >= 4 is 34.6 Å². The molecule has 1 amide bonds. The number of aryl methyl sites for hydroxylation is 2. The van der Waals surface area contributed by atoms with Crippen molar-refractivity contribution in [2.75, 3.05) is 17.3 Å². The number of nitrogens with one attached hydrogen (secondary N) is 2. The number of anilines is 2. The second-order valence-corrected chi connectivity index (χ2v) is 10.1. The van der Waals surface area contributed by atoms with E-state index in [0.29, 0.717) is 23.0 Å². The highest BCUT2D eigenvalue weighted by molar-refractivity contribution is 7.80. The van der Waals surface area contributed by atoms with Crippen molar-refractivity contribution in [1.82, 2.24) is 14.9 Å². The molecule has 0 spiro atoms. The van der Waals surface area contributed by atoms with E-state index < -0.39 is 0 Å². The molecule has 200 valence electrons. The van der Waals surface area contributed by atoms with Gasteiger partial charge in [-0.1, -0.05) is 31.2 Å². The summed E-state index contributed by atoms with van der Waals surface area (Å²) < 4.78 is 7.98. The molecule has 5 rings (SSSR count). The SMILES string of the molecule is CCC(=O)Nc1ccc(N2C(=S)N[C@H](c3ccccn3)[C@H]2c2cc(C)n(-c3ccccc3C)c2C)cc1OC. The summed E-state index contributed by atoms with van der Waals surface area (Å²) in [6.07, 6.45) is 2.19. The van der Waals surface area contributed by atoms with Gasteiger partial charge in [0.2, 0.25) is 5.91 Å². The topological polar surface area (TPSA) is 71.4 Å². The van der Waals surface area contributed by atoms with Crippen molar-refractivity contribution in [2.24, 2.45) is 0 Å². The first kappa shape index (κ1) is 26.4. The van der Waals surface area contributed by atoms with Crippen LogP contribution in [0.3, 0.4) is 0 Å². The molecular formula is C31H33N5O2S. The zero-order valence-electron chi connectivity index (χ0n) is 22.9. The van der Waals surface area contributed by atoms with Crippen LogP contribution in [0.25, 0.3) is 5.69 Å². The maximum atomic E-state index is 12.1. The Morgan fingerprint density at radius 2 is 1.85 bits per heavy atom. The van der Waals surface area contributed by atoms with Crippen molar-refractivity contribution in [1.29, 1.82) is 0 Å². The Kier molecular flexibility index (Phi) is 7.39. The molecule has 0 aliphatic carbocycles. The van der Waals surface area contributed by atoms with Crippen molar-refractivity contribution in [3.8, 4) is 11.4 Å². The largest absolute Gasteiger partial charge is 0.494 e. The van der Waals surface area contributed by atoms with E-state index in [0.717, 1.165) is 34.0 Å². The second kappa shape index (κ2) is 10.9. The van der Waals surface area contributed by atoms with Crippen molar-refractivity contribution in [2.45, 2.75) is 46.2 Å². The Labute approximate surface area is 234 Å². The van der Waals surface area contributed by atoms with Gasteiger partial charge in [0.15, 0.2) is 5.11 Å². The molecule has 7 nitrogen and oxygen atoms in total. The summed E-state index contributed by atoms with van der Waals surface area (Å²) in [5.74, 6) is 0.499. The minimum Gasteiger partial charge on any atom is -0.494 e. The van der Waals surface area contributed by atoms with E-state index in [1.54, 1.807) is 7.11 Å². The van der Waals surface area contributed by atoms with E-state index in [9.17, 15) is 4.79 Å². The summed E-state index contributed by atoms with van der Waals surface area (Å²) in [6, 6.07) is 22.0. The number of nitrogens with zero attached hydrogens (tertiary/aromatic N) is 3. The first-order valence-electron chi connectivity index (χ1n) is 13.1. The van der Waals surface area contributed by atoms with Crippen molar-refractivity contribution in [3.05, 3.63) is 101 Å². The third kappa shape index (κ3) is 4.88. The Morgan fingerprint density at radius 1 is 1.08 bits per heavy atom. The van der Waals surface area contributed by atoms with Gasteiger partial charge in [-0.05, 0) is 80.5 Å². The molecular weight excluding hydrogens is 506 g/mol. The number of pyridine rings is 1. The average Bonchev–Trinajstić information content (AvgIpc) is 3.44. The molecule has 1 saturated heterocycles. The molecule has 0 unspecified atom stereocenters.